The minimum atomic E-state index is -1.67. The Hall–Kier alpha value is -2.68. The molecule has 114 valence electrons. The van der Waals surface area contributed by atoms with Gasteiger partial charge in [0.1, 0.15) is 28.1 Å². The quantitative estimate of drug-likeness (QED) is 0.764. The summed E-state index contributed by atoms with van der Waals surface area (Å²) in [6.45, 7) is 0. The maximum Gasteiger partial charge on any atom is 0.263 e. The Morgan fingerprint density at radius 3 is 2.64 bits per heavy atom. The van der Waals surface area contributed by atoms with Gasteiger partial charge < -0.3 is 14.0 Å². The Morgan fingerprint density at radius 2 is 1.95 bits per heavy atom. The summed E-state index contributed by atoms with van der Waals surface area (Å²) < 4.78 is 30.9. The first-order chi connectivity index (χ1) is 10.7. The van der Waals surface area contributed by atoms with Gasteiger partial charge in [-0.25, -0.2) is 9.19 Å². The second-order valence-corrected chi connectivity index (χ2v) is 5.29. The molecule has 9 heteroatoms. The zero-order valence-electron chi connectivity index (χ0n) is 11.8. The first kappa shape index (κ1) is 14.3. The van der Waals surface area contributed by atoms with Crippen molar-refractivity contribution in [3.63, 3.8) is 0 Å². The molecule has 2 heterocycles. The fourth-order valence-corrected chi connectivity index (χ4v) is 3.00. The number of aromatic nitrogens is 3. The third-order valence-corrected chi connectivity index (χ3v) is 4.06. The van der Waals surface area contributed by atoms with Crippen molar-refractivity contribution < 1.29 is 18.2 Å². The van der Waals surface area contributed by atoms with Crippen LogP contribution in [0, 0.1) is 0 Å². The van der Waals surface area contributed by atoms with Gasteiger partial charge in [0.2, 0.25) is 0 Å². The molecular formula is C13H12N4O4S. The fourth-order valence-electron chi connectivity index (χ4n) is 1.90. The average Bonchev–Trinajstić information content (AvgIpc) is 2.97. The van der Waals surface area contributed by atoms with Crippen LogP contribution in [-0.2, 0) is 11.0 Å². The van der Waals surface area contributed by atoms with Crippen LogP contribution in [0.25, 0.3) is 11.1 Å². The number of hydrogen-bond acceptors (Lipinski definition) is 7. The Morgan fingerprint density at radius 1 is 1.23 bits per heavy atom. The number of hydrogen-bond donors (Lipinski definition) is 1. The zero-order chi connectivity index (χ0) is 15.5. The van der Waals surface area contributed by atoms with Crippen molar-refractivity contribution in [3.05, 3.63) is 30.7 Å². The Bertz CT molecular complexity index is 814. The maximum atomic E-state index is 12.6. The summed E-state index contributed by atoms with van der Waals surface area (Å²) in [6, 6.07) is 5.14. The summed E-state index contributed by atoms with van der Waals surface area (Å²) in [4.78, 5) is 8.19. The molecule has 0 spiro atoms. The van der Waals surface area contributed by atoms with Gasteiger partial charge >= 0.3 is 0 Å². The van der Waals surface area contributed by atoms with E-state index in [4.69, 9.17) is 14.0 Å². The number of methoxy groups -OCH3 is 2. The van der Waals surface area contributed by atoms with E-state index in [1.165, 1.54) is 26.7 Å². The molecule has 8 nitrogen and oxygen atoms in total. The molecule has 1 aromatic carbocycles. The first-order valence-electron chi connectivity index (χ1n) is 6.19. The van der Waals surface area contributed by atoms with E-state index in [1.807, 2.05) is 0 Å². The van der Waals surface area contributed by atoms with Gasteiger partial charge in [-0.05, 0) is 12.1 Å². The number of ether oxygens (including phenoxy) is 2. The van der Waals surface area contributed by atoms with Gasteiger partial charge in [-0.3, -0.25) is 4.72 Å². The SMILES string of the molecule is COc1cccc(OC)c1S(=O)Nc1noc2ncncc12. The van der Waals surface area contributed by atoms with E-state index in [0.29, 0.717) is 27.5 Å². The second-order valence-electron chi connectivity index (χ2n) is 4.14. The molecular weight excluding hydrogens is 308 g/mol. The van der Waals surface area contributed by atoms with Crippen molar-refractivity contribution in [3.8, 4) is 11.5 Å². The number of fused-ring (bicyclic) bond motifs is 1. The van der Waals surface area contributed by atoms with Gasteiger partial charge in [0.25, 0.3) is 5.71 Å². The van der Waals surface area contributed by atoms with Crippen LogP contribution in [-0.4, -0.2) is 33.6 Å². The lowest BCUT2D eigenvalue weighted by Gasteiger charge is -2.12. The minimum absolute atomic E-state index is 0.280. The molecule has 0 aliphatic carbocycles. The van der Waals surface area contributed by atoms with Gasteiger partial charge in [0, 0.05) is 6.20 Å². The van der Waals surface area contributed by atoms with Crippen molar-refractivity contribution in [2.75, 3.05) is 18.9 Å². The first-order valence-corrected chi connectivity index (χ1v) is 7.34. The van der Waals surface area contributed by atoms with E-state index >= 15 is 0 Å². The molecule has 1 N–H and O–H groups in total. The summed E-state index contributed by atoms with van der Waals surface area (Å²) in [5, 5.41) is 4.34. The highest BCUT2D eigenvalue weighted by Crippen LogP contribution is 2.32. The Kier molecular flexibility index (Phi) is 3.88. The highest BCUT2D eigenvalue weighted by atomic mass is 32.2. The monoisotopic (exact) mass is 320 g/mol. The van der Waals surface area contributed by atoms with E-state index in [2.05, 4.69) is 19.8 Å². The molecule has 3 rings (SSSR count). The molecule has 0 bridgehead atoms. The molecule has 3 aromatic rings. The molecule has 2 aromatic heterocycles. The summed E-state index contributed by atoms with van der Waals surface area (Å²) in [5.74, 6) is 1.16. The fraction of sp³-hybridized carbons (Fsp3) is 0.154. The maximum absolute atomic E-state index is 12.6. The lowest BCUT2D eigenvalue weighted by atomic mass is 10.3. The molecule has 0 aliphatic rings. The lowest BCUT2D eigenvalue weighted by Crippen LogP contribution is -2.08. The molecule has 1 unspecified atom stereocenters. The standard InChI is InChI=1S/C13H12N4O4S/c1-19-9-4-3-5-10(20-2)11(9)22(18)17-12-8-6-14-7-15-13(8)21-16-12/h3-7H,1-2H3,(H,16,17). The number of nitrogens with one attached hydrogen (secondary N) is 1. The minimum Gasteiger partial charge on any atom is -0.495 e. The van der Waals surface area contributed by atoms with Crippen LogP contribution >= 0.6 is 0 Å². The van der Waals surface area contributed by atoms with Crippen molar-refractivity contribution in [2.45, 2.75) is 4.90 Å². The molecule has 22 heavy (non-hydrogen) atoms. The van der Waals surface area contributed by atoms with E-state index in [-0.39, 0.29) is 5.82 Å². The van der Waals surface area contributed by atoms with Crippen molar-refractivity contribution in [1.82, 2.24) is 15.1 Å². The Labute approximate surface area is 128 Å². The number of nitrogens with zero attached hydrogens (tertiary/aromatic N) is 3. The van der Waals surface area contributed by atoms with Crippen LogP contribution in [0.4, 0.5) is 5.82 Å². The molecule has 0 saturated heterocycles. The molecule has 1 atom stereocenters. The van der Waals surface area contributed by atoms with E-state index in [1.54, 1.807) is 18.2 Å². The number of benzene rings is 1. The van der Waals surface area contributed by atoms with Crippen molar-refractivity contribution in [2.24, 2.45) is 0 Å². The largest absolute Gasteiger partial charge is 0.495 e. The number of rotatable bonds is 5. The van der Waals surface area contributed by atoms with Crippen LogP contribution in [0.5, 0.6) is 11.5 Å². The van der Waals surface area contributed by atoms with Crippen molar-refractivity contribution >= 4 is 27.9 Å². The van der Waals surface area contributed by atoms with Crippen LogP contribution in [0.15, 0.2) is 40.1 Å². The summed E-state index contributed by atoms with van der Waals surface area (Å²) in [6.07, 6.45) is 2.87. The third-order valence-electron chi connectivity index (χ3n) is 2.91. The van der Waals surface area contributed by atoms with Crippen LogP contribution in [0.2, 0.25) is 0 Å². The highest BCUT2D eigenvalue weighted by molar-refractivity contribution is 7.86. The summed E-state index contributed by atoms with van der Waals surface area (Å²) in [7, 11) is 1.32. The lowest BCUT2D eigenvalue weighted by molar-refractivity contribution is 0.375. The Balaban J connectivity index is 1.98. The van der Waals surface area contributed by atoms with E-state index in [0.717, 1.165) is 0 Å². The van der Waals surface area contributed by atoms with Crippen LogP contribution in [0.1, 0.15) is 0 Å². The molecule has 0 fully saturated rings. The van der Waals surface area contributed by atoms with Gasteiger partial charge in [-0.1, -0.05) is 11.2 Å². The molecule has 0 aliphatic heterocycles. The second kappa shape index (κ2) is 5.98. The summed E-state index contributed by atoms with van der Waals surface area (Å²) in [5.41, 5.74) is 0.307. The van der Waals surface area contributed by atoms with E-state index in [9.17, 15) is 4.21 Å². The predicted molar refractivity (Wildman–Crippen MR) is 79.2 cm³/mol. The molecule has 0 radical (unpaired) electrons. The number of anilines is 1. The summed E-state index contributed by atoms with van der Waals surface area (Å²) >= 11 is 0. The molecule has 0 saturated carbocycles. The highest BCUT2D eigenvalue weighted by Gasteiger charge is 2.19. The van der Waals surface area contributed by atoms with Gasteiger partial charge in [-0.15, -0.1) is 0 Å². The smallest absolute Gasteiger partial charge is 0.263 e. The zero-order valence-corrected chi connectivity index (χ0v) is 12.6. The average molecular weight is 320 g/mol. The molecule has 0 amide bonds. The third kappa shape index (κ3) is 2.46. The topological polar surface area (TPSA) is 99.4 Å². The van der Waals surface area contributed by atoms with Crippen LogP contribution in [0.3, 0.4) is 0 Å². The van der Waals surface area contributed by atoms with Gasteiger partial charge in [0.15, 0.2) is 16.8 Å². The normalized spacial score (nSPS) is 12.1. The van der Waals surface area contributed by atoms with E-state index < -0.39 is 11.0 Å². The van der Waals surface area contributed by atoms with Crippen LogP contribution < -0.4 is 14.2 Å². The van der Waals surface area contributed by atoms with Gasteiger partial charge in [-0.2, -0.15) is 4.98 Å². The predicted octanol–water partition coefficient (Wildman–Crippen LogP) is 1.77. The van der Waals surface area contributed by atoms with Gasteiger partial charge in [0.05, 0.1) is 14.2 Å². The van der Waals surface area contributed by atoms with Crippen molar-refractivity contribution in [1.29, 1.82) is 0 Å².